The van der Waals surface area contributed by atoms with Crippen LogP contribution in [-0.2, 0) is 11.2 Å². The number of para-hydroxylation sites is 1. The molecule has 0 N–H and O–H groups in total. The fourth-order valence-corrected chi connectivity index (χ4v) is 3.78. The molecule has 0 saturated carbocycles. The molecule has 1 aromatic heterocycles. The van der Waals surface area contributed by atoms with E-state index < -0.39 is 0 Å². The van der Waals surface area contributed by atoms with E-state index in [0.29, 0.717) is 37.9 Å². The molecule has 1 saturated heterocycles. The third-order valence-corrected chi connectivity index (χ3v) is 5.16. The Balaban J connectivity index is 1.58. The average Bonchev–Trinajstić information content (AvgIpc) is 3.03. The van der Waals surface area contributed by atoms with Crippen LogP contribution in [0.3, 0.4) is 0 Å². The van der Waals surface area contributed by atoms with Crippen LogP contribution in [0, 0.1) is 0 Å². The Morgan fingerprint density at radius 2 is 1.85 bits per heavy atom. The summed E-state index contributed by atoms with van der Waals surface area (Å²) in [4.78, 5) is 34.0. The summed E-state index contributed by atoms with van der Waals surface area (Å²) < 4.78 is 0. The van der Waals surface area contributed by atoms with Crippen molar-refractivity contribution in [3.8, 4) is 0 Å². The predicted octanol–water partition coefficient (Wildman–Crippen LogP) is 2.08. The van der Waals surface area contributed by atoms with Gasteiger partial charge in [-0.05, 0) is 37.1 Å². The molecule has 2 amide bonds. The zero-order valence-corrected chi connectivity index (χ0v) is 14.8. The van der Waals surface area contributed by atoms with Gasteiger partial charge < -0.3 is 14.7 Å². The number of rotatable bonds is 3. The first-order valence-corrected chi connectivity index (χ1v) is 9.00. The summed E-state index contributed by atoms with van der Waals surface area (Å²) in [5.74, 6) is 0.734. The Morgan fingerprint density at radius 1 is 1.08 bits per heavy atom. The highest BCUT2D eigenvalue weighted by atomic mass is 16.2. The molecule has 0 bridgehead atoms. The van der Waals surface area contributed by atoms with Gasteiger partial charge in [0.15, 0.2) is 0 Å². The lowest BCUT2D eigenvalue weighted by Crippen LogP contribution is -2.48. The highest BCUT2D eigenvalue weighted by molar-refractivity contribution is 5.93. The van der Waals surface area contributed by atoms with E-state index in [1.165, 1.54) is 5.56 Å². The summed E-state index contributed by atoms with van der Waals surface area (Å²) in [7, 11) is 0. The van der Waals surface area contributed by atoms with Gasteiger partial charge in [0.25, 0.3) is 5.91 Å². The van der Waals surface area contributed by atoms with Crippen molar-refractivity contribution in [2.24, 2.45) is 0 Å². The minimum atomic E-state index is -0.0717. The molecule has 1 atom stereocenters. The monoisotopic (exact) mass is 350 g/mol. The number of anilines is 2. The summed E-state index contributed by atoms with van der Waals surface area (Å²) in [6, 6.07) is 14.3. The number of carbonyl (C=O) groups is 2. The van der Waals surface area contributed by atoms with Gasteiger partial charge in [-0.15, -0.1) is 0 Å². The maximum atomic E-state index is 12.8. The molecule has 4 rings (SSSR count). The molecule has 134 valence electrons. The van der Waals surface area contributed by atoms with Crippen LogP contribution in [0.25, 0.3) is 0 Å². The second-order valence-electron chi connectivity index (χ2n) is 6.87. The first-order chi connectivity index (χ1) is 12.7. The van der Waals surface area contributed by atoms with Gasteiger partial charge in [0, 0.05) is 37.9 Å². The Bertz CT molecular complexity index is 830. The van der Waals surface area contributed by atoms with Crippen molar-refractivity contribution in [3.63, 3.8) is 0 Å². The van der Waals surface area contributed by atoms with Crippen LogP contribution in [0.2, 0.25) is 0 Å². The molecular formula is C20H22N4O2. The number of hydrogen-bond donors (Lipinski definition) is 0. The summed E-state index contributed by atoms with van der Waals surface area (Å²) in [6.45, 7) is 4.42. The van der Waals surface area contributed by atoms with Crippen molar-refractivity contribution in [3.05, 3.63) is 53.7 Å². The molecular weight excluding hydrogens is 328 g/mol. The molecule has 2 aliphatic rings. The number of nitrogens with zero attached hydrogens (tertiary/aromatic N) is 4. The number of benzene rings is 1. The van der Waals surface area contributed by atoms with E-state index in [9.17, 15) is 9.59 Å². The minimum absolute atomic E-state index is 0.0717. The van der Waals surface area contributed by atoms with Crippen molar-refractivity contribution >= 4 is 23.8 Å². The Labute approximate surface area is 153 Å². The summed E-state index contributed by atoms with van der Waals surface area (Å²) in [5.41, 5.74) is 2.93. The smallest absolute Gasteiger partial charge is 0.272 e. The fraction of sp³-hybridized carbons (Fsp3) is 0.350. The Morgan fingerprint density at radius 3 is 2.62 bits per heavy atom. The minimum Gasteiger partial charge on any atom is -0.342 e. The molecule has 0 spiro atoms. The van der Waals surface area contributed by atoms with E-state index in [-0.39, 0.29) is 5.91 Å². The third-order valence-electron chi connectivity index (χ3n) is 5.16. The van der Waals surface area contributed by atoms with Gasteiger partial charge in [-0.3, -0.25) is 9.59 Å². The fourth-order valence-electron chi connectivity index (χ4n) is 3.78. The molecule has 6 heteroatoms. The number of fused-ring (bicyclic) bond motifs is 1. The lowest BCUT2D eigenvalue weighted by molar-refractivity contribution is -0.119. The second-order valence-corrected chi connectivity index (χ2v) is 6.87. The number of amides is 2. The SMILES string of the molecule is CC1Cc2ccccc2N1c1cccc(C(=O)N2CCN(C=O)CC2)n1. The molecule has 2 aliphatic heterocycles. The quantitative estimate of drug-likeness (QED) is 0.796. The second kappa shape index (κ2) is 6.78. The standard InChI is InChI=1S/C20H22N4O2/c1-15-13-16-5-2-3-7-18(16)24(15)19-8-4-6-17(21-19)20(26)23-11-9-22(14-25)10-12-23/h2-8,14-15H,9-13H2,1H3. The van der Waals surface area contributed by atoms with Gasteiger partial charge in [-0.25, -0.2) is 4.98 Å². The third kappa shape index (κ3) is 2.92. The largest absolute Gasteiger partial charge is 0.342 e. The topological polar surface area (TPSA) is 56.8 Å². The molecule has 1 aromatic carbocycles. The average molecular weight is 350 g/mol. The van der Waals surface area contributed by atoms with Crippen LogP contribution in [0.4, 0.5) is 11.5 Å². The molecule has 0 aliphatic carbocycles. The number of piperazine rings is 1. The Hall–Kier alpha value is -2.89. The molecule has 2 aromatic rings. The van der Waals surface area contributed by atoms with Crippen molar-refractivity contribution < 1.29 is 9.59 Å². The first kappa shape index (κ1) is 16.6. The van der Waals surface area contributed by atoms with Crippen LogP contribution in [0.1, 0.15) is 23.0 Å². The lowest BCUT2D eigenvalue weighted by Gasteiger charge is -2.32. The number of aromatic nitrogens is 1. The molecule has 26 heavy (non-hydrogen) atoms. The van der Waals surface area contributed by atoms with E-state index >= 15 is 0 Å². The van der Waals surface area contributed by atoms with E-state index in [0.717, 1.165) is 24.3 Å². The van der Waals surface area contributed by atoms with Gasteiger partial charge in [0.1, 0.15) is 11.5 Å². The van der Waals surface area contributed by atoms with Gasteiger partial charge >= 0.3 is 0 Å². The molecule has 6 nitrogen and oxygen atoms in total. The van der Waals surface area contributed by atoms with Crippen LogP contribution in [-0.4, -0.2) is 59.3 Å². The molecule has 0 radical (unpaired) electrons. The number of hydrogen-bond acceptors (Lipinski definition) is 4. The summed E-state index contributed by atoms with van der Waals surface area (Å²) >= 11 is 0. The van der Waals surface area contributed by atoms with Crippen LogP contribution >= 0.6 is 0 Å². The van der Waals surface area contributed by atoms with Gasteiger partial charge in [0.05, 0.1) is 0 Å². The summed E-state index contributed by atoms with van der Waals surface area (Å²) in [5, 5.41) is 0. The predicted molar refractivity (Wildman–Crippen MR) is 99.5 cm³/mol. The van der Waals surface area contributed by atoms with E-state index in [1.807, 2.05) is 18.2 Å². The maximum absolute atomic E-state index is 12.8. The van der Waals surface area contributed by atoms with Crippen molar-refractivity contribution in [2.45, 2.75) is 19.4 Å². The zero-order chi connectivity index (χ0) is 18.1. The van der Waals surface area contributed by atoms with Crippen molar-refractivity contribution in [1.29, 1.82) is 0 Å². The van der Waals surface area contributed by atoms with Crippen molar-refractivity contribution in [2.75, 3.05) is 31.1 Å². The number of pyridine rings is 1. The lowest BCUT2D eigenvalue weighted by atomic mass is 10.1. The molecule has 3 heterocycles. The van der Waals surface area contributed by atoms with Crippen LogP contribution < -0.4 is 4.90 Å². The highest BCUT2D eigenvalue weighted by Crippen LogP contribution is 2.37. The Kier molecular flexibility index (Phi) is 4.32. The van der Waals surface area contributed by atoms with Crippen molar-refractivity contribution in [1.82, 2.24) is 14.8 Å². The highest BCUT2D eigenvalue weighted by Gasteiger charge is 2.29. The van der Waals surface area contributed by atoms with E-state index in [2.05, 4.69) is 35.0 Å². The zero-order valence-electron chi connectivity index (χ0n) is 14.8. The van der Waals surface area contributed by atoms with Gasteiger partial charge in [-0.2, -0.15) is 0 Å². The van der Waals surface area contributed by atoms with Gasteiger partial charge in [-0.1, -0.05) is 24.3 Å². The maximum Gasteiger partial charge on any atom is 0.272 e. The number of carbonyl (C=O) groups excluding carboxylic acids is 2. The van der Waals surface area contributed by atoms with E-state index in [4.69, 9.17) is 0 Å². The summed E-state index contributed by atoms with van der Waals surface area (Å²) in [6.07, 6.45) is 1.82. The van der Waals surface area contributed by atoms with Crippen LogP contribution in [0.5, 0.6) is 0 Å². The van der Waals surface area contributed by atoms with Gasteiger partial charge in [0.2, 0.25) is 6.41 Å². The molecule has 1 unspecified atom stereocenters. The van der Waals surface area contributed by atoms with E-state index in [1.54, 1.807) is 15.9 Å². The first-order valence-electron chi connectivity index (χ1n) is 9.00. The molecule has 1 fully saturated rings. The normalized spacial score (nSPS) is 19.4. The van der Waals surface area contributed by atoms with Crippen LogP contribution in [0.15, 0.2) is 42.5 Å².